The highest BCUT2D eigenvalue weighted by Crippen LogP contribution is 2.23. The quantitative estimate of drug-likeness (QED) is 0.372. The number of fused-ring (bicyclic) bond motifs is 1. The number of hydrogen-bond donors (Lipinski definition) is 0. The normalized spacial score (nSPS) is 11.6. The number of esters is 1. The fraction of sp³-hybridized carbons (Fsp3) is 0.211. The molecule has 0 aliphatic rings. The van der Waals surface area contributed by atoms with E-state index in [1.54, 1.807) is 31.2 Å². The Balaban J connectivity index is 2.15. The van der Waals surface area contributed by atoms with Gasteiger partial charge in [0.15, 0.2) is 4.80 Å². The summed E-state index contributed by atoms with van der Waals surface area (Å²) in [5.41, 5.74) is 1.68. The summed E-state index contributed by atoms with van der Waals surface area (Å²) < 4.78 is 7.13. The third kappa shape index (κ3) is 4.15. The van der Waals surface area contributed by atoms with E-state index in [-0.39, 0.29) is 23.6 Å². The first-order valence-electron chi connectivity index (χ1n) is 8.48. The molecule has 28 heavy (non-hydrogen) atoms. The predicted molar refractivity (Wildman–Crippen MR) is 104 cm³/mol. The van der Waals surface area contributed by atoms with Crippen LogP contribution in [-0.2, 0) is 16.1 Å². The number of nitrogens with zero attached hydrogens (tertiary/aromatic N) is 3. The number of rotatable bonds is 5. The first-order chi connectivity index (χ1) is 13.4. The maximum absolute atomic E-state index is 12.6. The van der Waals surface area contributed by atoms with Gasteiger partial charge in [0.2, 0.25) is 0 Å². The zero-order valence-electron chi connectivity index (χ0n) is 15.2. The first kappa shape index (κ1) is 19.4. The molecule has 144 valence electrons. The minimum absolute atomic E-state index is 0.112. The molecule has 0 aliphatic heterocycles. The number of thiazole rings is 1. The number of non-ortho nitro benzene ring substituents is 1. The Bertz CT molecular complexity index is 1150. The second kappa shape index (κ2) is 8.13. The fourth-order valence-electron chi connectivity index (χ4n) is 2.67. The third-order valence-electron chi connectivity index (χ3n) is 3.93. The summed E-state index contributed by atoms with van der Waals surface area (Å²) in [7, 11) is 0. The van der Waals surface area contributed by atoms with Crippen molar-refractivity contribution >= 4 is 39.1 Å². The van der Waals surface area contributed by atoms with Crippen LogP contribution in [0.25, 0.3) is 10.2 Å². The molecular weight excluding hydrogens is 382 g/mol. The average Bonchev–Trinajstić information content (AvgIpc) is 2.98. The SMILES string of the molecule is CCOC(=O)Cn1c(=NC(=O)c2cccc(C)c2)sc2ccc([N+](=O)[O-])cc21. The monoisotopic (exact) mass is 399 g/mol. The lowest BCUT2D eigenvalue weighted by molar-refractivity contribution is -0.384. The number of nitro benzene ring substituents is 1. The van der Waals surface area contributed by atoms with E-state index in [1.807, 2.05) is 13.0 Å². The minimum atomic E-state index is -0.516. The lowest BCUT2D eigenvalue weighted by Crippen LogP contribution is -2.23. The molecule has 0 aliphatic carbocycles. The highest BCUT2D eigenvalue weighted by Gasteiger charge is 2.16. The van der Waals surface area contributed by atoms with Gasteiger partial charge < -0.3 is 9.30 Å². The molecular formula is C19H17N3O5S. The van der Waals surface area contributed by atoms with Crippen LogP contribution in [0.2, 0.25) is 0 Å². The average molecular weight is 399 g/mol. The van der Waals surface area contributed by atoms with E-state index in [0.29, 0.717) is 15.8 Å². The standard InChI is InChI=1S/C19H17N3O5S/c1-3-27-17(23)11-21-15-10-14(22(25)26)7-8-16(15)28-19(21)20-18(24)13-6-4-5-12(2)9-13/h4-10H,3,11H2,1-2H3. The number of carbonyl (C=O) groups excluding carboxylic acids is 2. The van der Waals surface area contributed by atoms with Crippen molar-refractivity contribution in [3.8, 4) is 0 Å². The van der Waals surface area contributed by atoms with Crippen molar-refractivity contribution in [2.45, 2.75) is 20.4 Å². The molecule has 0 bridgehead atoms. The highest BCUT2D eigenvalue weighted by atomic mass is 32.1. The van der Waals surface area contributed by atoms with Crippen LogP contribution in [0.15, 0.2) is 47.5 Å². The maximum atomic E-state index is 12.6. The molecule has 0 atom stereocenters. The number of benzene rings is 2. The van der Waals surface area contributed by atoms with Crippen molar-refractivity contribution in [1.29, 1.82) is 0 Å². The van der Waals surface area contributed by atoms with Gasteiger partial charge >= 0.3 is 5.97 Å². The van der Waals surface area contributed by atoms with Crippen LogP contribution >= 0.6 is 11.3 Å². The largest absolute Gasteiger partial charge is 0.465 e. The van der Waals surface area contributed by atoms with E-state index in [2.05, 4.69) is 4.99 Å². The Hall–Kier alpha value is -3.33. The Morgan fingerprint density at radius 3 is 2.71 bits per heavy atom. The van der Waals surface area contributed by atoms with Gasteiger partial charge in [-0.1, -0.05) is 29.0 Å². The molecule has 0 saturated heterocycles. The highest BCUT2D eigenvalue weighted by molar-refractivity contribution is 7.16. The third-order valence-corrected chi connectivity index (χ3v) is 4.99. The number of amides is 1. The zero-order valence-corrected chi connectivity index (χ0v) is 16.1. The summed E-state index contributed by atoms with van der Waals surface area (Å²) in [6.45, 7) is 3.56. The number of aromatic nitrogens is 1. The topological polar surface area (TPSA) is 104 Å². The van der Waals surface area contributed by atoms with Gasteiger partial charge in [0.05, 0.1) is 21.7 Å². The van der Waals surface area contributed by atoms with E-state index in [1.165, 1.54) is 28.0 Å². The van der Waals surface area contributed by atoms with E-state index in [4.69, 9.17) is 4.74 Å². The lowest BCUT2D eigenvalue weighted by atomic mass is 10.1. The van der Waals surface area contributed by atoms with Crippen LogP contribution in [0.5, 0.6) is 0 Å². The van der Waals surface area contributed by atoms with Gasteiger partial charge in [-0.25, -0.2) is 0 Å². The second-order valence-corrected chi connectivity index (χ2v) is 6.98. The molecule has 3 aromatic rings. The van der Waals surface area contributed by atoms with Gasteiger partial charge in [-0.05, 0) is 32.0 Å². The van der Waals surface area contributed by atoms with Crippen LogP contribution in [-0.4, -0.2) is 28.0 Å². The molecule has 2 aromatic carbocycles. The minimum Gasteiger partial charge on any atom is -0.465 e. The summed E-state index contributed by atoms with van der Waals surface area (Å²) in [5.74, 6) is -0.972. The van der Waals surface area contributed by atoms with Crippen LogP contribution in [0.4, 0.5) is 5.69 Å². The maximum Gasteiger partial charge on any atom is 0.326 e. The molecule has 0 fully saturated rings. The van der Waals surface area contributed by atoms with Crippen molar-refractivity contribution in [2.75, 3.05) is 6.61 Å². The molecule has 0 radical (unpaired) electrons. The summed E-state index contributed by atoms with van der Waals surface area (Å²) in [6, 6.07) is 11.3. The summed E-state index contributed by atoms with van der Waals surface area (Å²) >= 11 is 1.18. The molecule has 0 N–H and O–H groups in total. The number of nitro groups is 1. The van der Waals surface area contributed by atoms with Crippen LogP contribution in [0.3, 0.4) is 0 Å². The van der Waals surface area contributed by atoms with Gasteiger partial charge in [0, 0.05) is 17.7 Å². The molecule has 0 spiro atoms. The van der Waals surface area contributed by atoms with E-state index >= 15 is 0 Å². The molecule has 1 aromatic heterocycles. The van der Waals surface area contributed by atoms with Gasteiger partial charge in [-0.3, -0.25) is 19.7 Å². The Morgan fingerprint density at radius 2 is 2.04 bits per heavy atom. The second-order valence-electron chi connectivity index (χ2n) is 5.97. The number of ether oxygens (including phenoxy) is 1. The van der Waals surface area contributed by atoms with E-state index < -0.39 is 16.8 Å². The Labute approximate surface area is 163 Å². The van der Waals surface area contributed by atoms with Gasteiger partial charge in [-0.15, -0.1) is 0 Å². The van der Waals surface area contributed by atoms with E-state index in [9.17, 15) is 19.7 Å². The Morgan fingerprint density at radius 1 is 1.25 bits per heavy atom. The fourth-order valence-corrected chi connectivity index (χ4v) is 3.68. The van der Waals surface area contributed by atoms with Crippen molar-refractivity contribution in [3.63, 3.8) is 0 Å². The lowest BCUT2D eigenvalue weighted by Gasteiger charge is -2.05. The summed E-state index contributed by atoms with van der Waals surface area (Å²) in [4.78, 5) is 39.6. The molecule has 3 rings (SSSR count). The van der Waals surface area contributed by atoms with Gasteiger partial charge in [0.1, 0.15) is 6.54 Å². The van der Waals surface area contributed by atoms with Crippen molar-refractivity contribution in [2.24, 2.45) is 4.99 Å². The molecule has 1 heterocycles. The molecule has 8 nitrogen and oxygen atoms in total. The smallest absolute Gasteiger partial charge is 0.326 e. The van der Waals surface area contributed by atoms with Crippen LogP contribution in [0, 0.1) is 17.0 Å². The van der Waals surface area contributed by atoms with Crippen LogP contribution < -0.4 is 4.80 Å². The van der Waals surface area contributed by atoms with Crippen molar-refractivity contribution in [3.05, 3.63) is 68.5 Å². The van der Waals surface area contributed by atoms with Gasteiger partial charge in [-0.2, -0.15) is 4.99 Å². The summed E-state index contributed by atoms with van der Waals surface area (Å²) in [6.07, 6.45) is 0. The van der Waals surface area contributed by atoms with Crippen molar-refractivity contribution in [1.82, 2.24) is 4.57 Å². The predicted octanol–water partition coefficient (Wildman–Crippen LogP) is 3.22. The molecule has 9 heteroatoms. The molecule has 0 saturated carbocycles. The van der Waals surface area contributed by atoms with Crippen molar-refractivity contribution < 1.29 is 19.2 Å². The number of aryl methyl sites for hydroxylation is 1. The summed E-state index contributed by atoms with van der Waals surface area (Å²) in [5, 5.41) is 11.1. The molecule has 1 amide bonds. The zero-order chi connectivity index (χ0) is 20.3. The van der Waals surface area contributed by atoms with Crippen LogP contribution in [0.1, 0.15) is 22.8 Å². The molecule has 0 unspecified atom stereocenters. The number of hydrogen-bond acceptors (Lipinski definition) is 6. The Kier molecular flexibility index (Phi) is 5.65. The van der Waals surface area contributed by atoms with E-state index in [0.717, 1.165) is 5.56 Å². The van der Waals surface area contributed by atoms with Gasteiger partial charge in [0.25, 0.3) is 11.6 Å². The first-order valence-corrected chi connectivity index (χ1v) is 9.30. The number of carbonyl (C=O) groups is 2.